The van der Waals surface area contributed by atoms with Gasteiger partial charge in [-0.3, -0.25) is 9.48 Å². The number of carboxylic acid groups (broad SMARTS) is 1. The number of hydrogen-bond acceptors (Lipinski definition) is 3. The van der Waals surface area contributed by atoms with Crippen LogP contribution in [0.5, 0.6) is 0 Å². The van der Waals surface area contributed by atoms with E-state index in [0.717, 1.165) is 10.9 Å². The second kappa shape index (κ2) is 6.08. The Morgan fingerprint density at radius 1 is 1.32 bits per heavy atom. The van der Waals surface area contributed by atoms with Crippen LogP contribution in [-0.4, -0.2) is 27.4 Å². The van der Waals surface area contributed by atoms with Gasteiger partial charge in [-0.2, -0.15) is 18.3 Å². The number of carboxylic acids is 1. The lowest BCUT2D eigenvalue weighted by Crippen LogP contribution is -2.30. The van der Waals surface area contributed by atoms with Gasteiger partial charge in [0.25, 0.3) is 0 Å². The Morgan fingerprint density at radius 3 is 2.50 bits per heavy atom. The molecule has 0 fully saturated rings. The van der Waals surface area contributed by atoms with Crippen LogP contribution in [0.3, 0.4) is 0 Å². The van der Waals surface area contributed by atoms with Crippen molar-refractivity contribution < 1.29 is 23.1 Å². The van der Waals surface area contributed by atoms with Crippen LogP contribution in [0.2, 0.25) is 0 Å². The Hall–Kier alpha value is -2.51. The molecule has 118 valence electrons. The number of alkyl halides is 3. The van der Waals surface area contributed by atoms with Crippen LogP contribution in [0.25, 0.3) is 0 Å². The van der Waals surface area contributed by atoms with E-state index >= 15 is 0 Å². The zero-order valence-electron chi connectivity index (χ0n) is 11.7. The molecule has 1 N–H and O–H groups in total. The van der Waals surface area contributed by atoms with Gasteiger partial charge in [-0.25, -0.2) is 0 Å². The summed E-state index contributed by atoms with van der Waals surface area (Å²) in [5, 5.41) is 12.6. The predicted octanol–water partition coefficient (Wildman–Crippen LogP) is 2.53. The molecule has 0 aliphatic carbocycles. The smallest absolute Gasteiger partial charge is 0.433 e. The van der Waals surface area contributed by atoms with Gasteiger partial charge >= 0.3 is 12.1 Å². The van der Waals surface area contributed by atoms with E-state index in [9.17, 15) is 18.0 Å². The first kappa shape index (κ1) is 15.9. The molecule has 0 aliphatic rings. The number of benzene rings is 1. The normalized spacial score (nSPS) is 11.5. The summed E-state index contributed by atoms with van der Waals surface area (Å²) < 4.78 is 39.9. The summed E-state index contributed by atoms with van der Waals surface area (Å²) in [5.74, 6) is -1.12. The van der Waals surface area contributed by atoms with Gasteiger partial charge in [0.2, 0.25) is 0 Å². The quantitative estimate of drug-likeness (QED) is 0.921. The molecule has 0 bridgehead atoms. The van der Waals surface area contributed by atoms with Crippen molar-refractivity contribution >= 4 is 11.7 Å². The van der Waals surface area contributed by atoms with E-state index in [0.29, 0.717) is 5.69 Å². The third-order valence-corrected chi connectivity index (χ3v) is 3.09. The van der Waals surface area contributed by atoms with Crippen LogP contribution >= 0.6 is 0 Å². The first-order valence-corrected chi connectivity index (χ1v) is 6.39. The van der Waals surface area contributed by atoms with Crippen molar-refractivity contribution in [3.8, 4) is 0 Å². The maximum absolute atomic E-state index is 13.1. The summed E-state index contributed by atoms with van der Waals surface area (Å²) in [6.07, 6.45) is -3.44. The van der Waals surface area contributed by atoms with E-state index in [4.69, 9.17) is 5.11 Å². The number of hydrogen-bond donors (Lipinski definition) is 1. The van der Waals surface area contributed by atoms with Gasteiger partial charge in [0, 0.05) is 24.8 Å². The summed E-state index contributed by atoms with van der Waals surface area (Å²) in [4.78, 5) is 12.3. The Kier molecular flexibility index (Phi) is 4.39. The zero-order valence-corrected chi connectivity index (χ0v) is 11.7. The van der Waals surface area contributed by atoms with Crippen molar-refractivity contribution in [2.24, 2.45) is 7.05 Å². The molecule has 2 rings (SSSR count). The van der Waals surface area contributed by atoms with Crippen molar-refractivity contribution in [2.45, 2.75) is 12.7 Å². The number of aromatic nitrogens is 2. The first-order chi connectivity index (χ1) is 10.3. The molecule has 0 aliphatic heterocycles. The molecule has 1 heterocycles. The van der Waals surface area contributed by atoms with Crippen LogP contribution in [-0.2, 0) is 24.6 Å². The van der Waals surface area contributed by atoms with Crippen LogP contribution < -0.4 is 4.90 Å². The molecule has 0 saturated carbocycles. The van der Waals surface area contributed by atoms with Gasteiger partial charge in [-0.05, 0) is 12.1 Å². The van der Waals surface area contributed by atoms with Crippen LogP contribution in [0.1, 0.15) is 11.3 Å². The van der Waals surface area contributed by atoms with Crippen molar-refractivity contribution in [3.05, 3.63) is 47.8 Å². The van der Waals surface area contributed by atoms with E-state index < -0.39 is 24.4 Å². The van der Waals surface area contributed by atoms with E-state index in [1.807, 2.05) is 0 Å². The fourth-order valence-electron chi connectivity index (χ4n) is 2.21. The Bertz CT molecular complexity index is 653. The second-order valence-electron chi connectivity index (χ2n) is 4.73. The van der Waals surface area contributed by atoms with Gasteiger partial charge in [-0.15, -0.1) is 0 Å². The van der Waals surface area contributed by atoms with Crippen LogP contribution in [0.15, 0.2) is 36.5 Å². The Morgan fingerprint density at radius 2 is 1.95 bits per heavy atom. The summed E-state index contributed by atoms with van der Waals surface area (Å²) in [7, 11) is 1.20. The van der Waals surface area contributed by atoms with Crippen molar-refractivity contribution in [2.75, 3.05) is 11.4 Å². The minimum Gasteiger partial charge on any atom is -0.480 e. The fourth-order valence-corrected chi connectivity index (χ4v) is 2.21. The third kappa shape index (κ3) is 3.57. The summed E-state index contributed by atoms with van der Waals surface area (Å²) in [6, 6.07) is 8.42. The number of anilines is 1. The molecule has 0 amide bonds. The highest BCUT2D eigenvalue weighted by Crippen LogP contribution is 2.32. The van der Waals surface area contributed by atoms with E-state index in [1.54, 1.807) is 30.3 Å². The Labute approximate surface area is 124 Å². The first-order valence-electron chi connectivity index (χ1n) is 6.39. The van der Waals surface area contributed by atoms with Crippen LogP contribution in [0, 0.1) is 0 Å². The maximum atomic E-state index is 13.1. The van der Waals surface area contributed by atoms with Crippen molar-refractivity contribution in [1.82, 2.24) is 9.78 Å². The highest BCUT2D eigenvalue weighted by Gasteiger charge is 2.37. The van der Waals surface area contributed by atoms with E-state index in [2.05, 4.69) is 5.10 Å². The number of nitrogens with zero attached hydrogens (tertiary/aromatic N) is 3. The highest BCUT2D eigenvalue weighted by molar-refractivity contribution is 5.73. The van der Waals surface area contributed by atoms with Gasteiger partial charge in [0.05, 0.1) is 6.20 Å². The molecule has 0 saturated heterocycles. The third-order valence-electron chi connectivity index (χ3n) is 3.09. The lowest BCUT2D eigenvalue weighted by atomic mass is 10.2. The Balaban J connectivity index is 2.35. The molecular weight excluding hydrogens is 299 g/mol. The number of aliphatic carboxylic acids is 1. The molecule has 5 nitrogen and oxygen atoms in total. The molecule has 8 heteroatoms. The monoisotopic (exact) mass is 313 g/mol. The number of aryl methyl sites for hydroxylation is 1. The number of carbonyl (C=O) groups is 1. The number of rotatable bonds is 5. The van der Waals surface area contributed by atoms with E-state index in [-0.39, 0.29) is 12.1 Å². The van der Waals surface area contributed by atoms with Crippen LogP contribution in [0.4, 0.5) is 18.9 Å². The highest BCUT2D eigenvalue weighted by atomic mass is 19.4. The SMILES string of the molecule is Cn1ncc(CN(CC(=O)O)c2ccccc2)c1C(F)(F)F. The summed E-state index contributed by atoms with van der Waals surface area (Å²) in [5.41, 5.74) is -0.416. The average molecular weight is 313 g/mol. The summed E-state index contributed by atoms with van der Waals surface area (Å²) >= 11 is 0. The molecule has 0 atom stereocenters. The minimum absolute atomic E-state index is 0.0693. The molecule has 2 aromatic rings. The second-order valence-corrected chi connectivity index (χ2v) is 4.73. The lowest BCUT2D eigenvalue weighted by Gasteiger charge is -2.23. The van der Waals surface area contributed by atoms with Gasteiger partial charge in [0.1, 0.15) is 12.2 Å². The minimum atomic E-state index is -4.55. The largest absolute Gasteiger partial charge is 0.480 e. The van der Waals surface area contributed by atoms with E-state index in [1.165, 1.54) is 11.9 Å². The zero-order chi connectivity index (χ0) is 16.3. The summed E-state index contributed by atoms with van der Waals surface area (Å²) in [6.45, 7) is -0.602. The average Bonchev–Trinajstić information content (AvgIpc) is 2.79. The van der Waals surface area contributed by atoms with Crippen molar-refractivity contribution in [1.29, 1.82) is 0 Å². The molecule has 1 aromatic heterocycles. The number of para-hydroxylation sites is 1. The topological polar surface area (TPSA) is 58.4 Å². The molecule has 1 aromatic carbocycles. The molecular formula is C14H14F3N3O2. The maximum Gasteiger partial charge on any atom is 0.433 e. The van der Waals surface area contributed by atoms with Gasteiger partial charge in [0.15, 0.2) is 0 Å². The predicted molar refractivity (Wildman–Crippen MR) is 73.3 cm³/mol. The molecule has 0 spiro atoms. The molecule has 0 unspecified atom stereocenters. The molecule has 0 radical (unpaired) electrons. The van der Waals surface area contributed by atoms with Gasteiger partial charge < -0.3 is 10.0 Å². The van der Waals surface area contributed by atoms with Gasteiger partial charge in [-0.1, -0.05) is 18.2 Å². The molecule has 22 heavy (non-hydrogen) atoms. The lowest BCUT2D eigenvalue weighted by molar-refractivity contribution is -0.144. The fraction of sp³-hybridized carbons (Fsp3) is 0.286. The van der Waals surface area contributed by atoms with Crippen molar-refractivity contribution in [3.63, 3.8) is 0 Å². The standard InChI is InChI=1S/C14H14F3N3O2/c1-19-13(14(15,16)17)10(7-18-19)8-20(9-12(21)22)11-5-3-2-4-6-11/h2-7H,8-9H2,1H3,(H,21,22). The number of halogens is 3.